The van der Waals surface area contributed by atoms with Crippen LogP contribution in [0.1, 0.15) is 25.5 Å². The maximum Gasteiger partial charge on any atom is 0.0852 e. The highest BCUT2D eigenvalue weighted by Crippen LogP contribution is 2.27. The van der Waals surface area contributed by atoms with Gasteiger partial charge in [-0.3, -0.25) is 0 Å². The molecule has 0 fully saturated rings. The average molecular weight is 255 g/mol. The second-order valence-corrected chi connectivity index (χ2v) is 4.55. The molecule has 76 valence electrons. The molecular formula is C12H15BrO. The van der Waals surface area contributed by atoms with Gasteiger partial charge in [-0.1, -0.05) is 47.1 Å². The van der Waals surface area contributed by atoms with Gasteiger partial charge in [-0.2, -0.15) is 0 Å². The van der Waals surface area contributed by atoms with Gasteiger partial charge in [0.05, 0.1) is 6.10 Å². The van der Waals surface area contributed by atoms with E-state index in [4.69, 9.17) is 0 Å². The zero-order valence-electron chi connectivity index (χ0n) is 8.50. The summed E-state index contributed by atoms with van der Waals surface area (Å²) in [6, 6.07) is 7.72. The summed E-state index contributed by atoms with van der Waals surface area (Å²) >= 11 is 3.36. The highest BCUT2D eigenvalue weighted by atomic mass is 79.9. The minimum Gasteiger partial charge on any atom is -0.388 e. The highest BCUT2D eigenvalue weighted by Gasteiger charge is 2.16. The van der Waals surface area contributed by atoms with Crippen LogP contribution in [0, 0.1) is 5.92 Å². The van der Waals surface area contributed by atoms with Crippen molar-refractivity contribution in [2.75, 3.05) is 0 Å². The van der Waals surface area contributed by atoms with Crippen molar-refractivity contribution >= 4 is 15.9 Å². The Morgan fingerprint density at radius 1 is 1.36 bits per heavy atom. The van der Waals surface area contributed by atoms with Gasteiger partial charge in [0, 0.05) is 10.4 Å². The summed E-state index contributed by atoms with van der Waals surface area (Å²) in [6.45, 7) is 7.77. The number of rotatable bonds is 3. The zero-order valence-corrected chi connectivity index (χ0v) is 10.1. The molecule has 1 N–H and O–H groups in total. The first-order valence-electron chi connectivity index (χ1n) is 4.61. The molecule has 1 rings (SSSR count). The fourth-order valence-corrected chi connectivity index (χ4v) is 1.48. The van der Waals surface area contributed by atoms with Crippen LogP contribution in [0.5, 0.6) is 0 Å². The summed E-state index contributed by atoms with van der Waals surface area (Å²) in [6.07, 6.45) is -0.458. The second-order valence-electron chi connectivity index (χ2n) is 3.63. The molecule has 0 radical (unpaired) electrons. The first-order chi connectivity index (χ1) is 6.52. The molecule has 0 heterocycles. The van der Waals surface area contributed by atoms with E-state index in [0.29, 0.717) is 0 Å². The van der Waals surface area contributed by atoms with Crippen molar-refractivity contribution in [3.63, 3.8) is 0 Å². The van der Waals surface area contributed by atoms with Gasteiger partial charge in [-0.25, -0.2) is 0 Å². The van der Waals surface area contributed by atoms with Gasteiger partial charge in [0.25, 0.3) is 0 Å². The number of hydrogen-bond acceptors (Lipinski definition) is 1. The van der Waals surface area contributed by atoms with Crippen LogP contribution in [0.2, 0.25) is 0 Å². The van der Waals surface area contributed by atoms with Gasteiger partial charge >= 0.3 is 0 Å². The molecule has 0 bridgehead atoms. The summed E-state index contributed by atoms with van der Waals surface area (Å²) in [4.78, 5) is 0. The summed E-state index contributed by atoms with van der Waals surface area (Å²) in [5, 5.41) is 9.97. The molecule has 0 aromatic heterocycles. The minimum atomic E-state index is -0.458. The Labute approximate surface area is 93.6 Å². The molecule has 0 saturated heterocycles. The summed E-state index contributed by atoms with van der Waals surface area (Å²) in [5.41, 5.74) is 1.93. The molecule has 0 spiro atoms. The third-order valence-corrected chi connectivity index (χ3v) is 2.99. The number of hydrogen-bond donors (Lipinski definition) is 1. The Kier molecular flexibility index (Phi) is 3.90. The average Bonchev–Trinajstić information content (AvgIpc) is 2.16. The van der Waals surface area contributed by atoms with Crippen molar-refractivity contribution in [2.45, 2.75) is 20.0 Å². The predicted molar refractivity (Wildman–Crippen MR) is 63.1 cm³/mol. The van der Waals surface area contributed by atoms with Crippen LogP contribution in [0.4, 0.5) is 0 Å². The molecule has 1 aromatic rings. The van der Waals surface area contributed by atoms with Crippen LogP contribution < -0.4 is 0 Å². The molecule has 14 heavy (non-hydrogen) atoms. The van der Waals surface area contributed by atoms with Crippen LogP contribution >= 0.6 is 15.9 Å². The Morgan fingerprint density at radius 2 is 1.86 bits per heavy atom. The molecule has 0 aliphatic heterocycles. The summed E-state index contributed by atoms with van der Waals surface area (Å²) < 4.78 is 1.02. The summed E-state index contributed by atoms with van der Waals surface area (Å²) in [5.74, 6) is 0.0937. The van der Waals surface area contributed by atoms with Crippen LogP contribution in [-0.2, 0) is 0 Å². The molecule has 2 unspecified atom stereocenters. The van der Waals surface area contributed by atoms with Crippen LogP contribution in [-0.4, -0.2) is 5.11 Å². The summed E-state index contributed by atoms with van der Waals surface area (Å²) in [7, 11) is 0. The number of aliphatic hydroxyl groups is 1. The van der Waals surface area contributed by atoms with Crippen molar-refractivity contribution in [1.82, 2.24) is 0 Å². The van der Waals surface area contributed by atoms with Gasteiger partial charge in [-0.15, -0.1) is 0 Å². The van der Waals surface area contributed by atoms with Gasteiger partial charge in [0.2, 0.25) is 0 Å². The highest BCUT2D eigenvalue weighted by molar-refractivity contribution is 9.10. The minimum absolute atomic E-state index is 0.0937. The van der Waals surface area contributed by atoms with E-state index < -0.39 is 6.10 Å². The van der Waals surface area contributed by atoms with Crippen molar-refractivity contribution in [1.29, 1.82) is 0 Å². The third kappa shape index (κ3) is 2.69. The van der Waals surface area contributed by atoms with Crippen molar-refractivity contribution in [3.8, 4) is 0 Å². The molecule has 2 heteroatoms. The van der Waals surface area contributed by atoms with Crippen molar-refractivity contribution in [3.05, 3.63) is 46.5 Å². The molecular weight excluding hydrogens is 240 g/mol. The van der Waals surface area contributed by atoms with E-state index in [0.717, 1.165) is 15.6 Å². The lowest BCUT2D eigenvalue weighted by atomic mass is 9.92. The molecule has 1 aromatic carbocycles. The molecule has 0 amide bonds. The lowest BCUT2D eigenvalue weighted by Crippen LogP contribution is -2.09. The van der Waals surface area contributed by atoms with E-state index in [2.05, 4.69) is 22.5 Å². The number of halogens is 1. The van der Waals surface area contributed by atoms with Gasteiger partial charge in [0.15, 0.2) is 0 Å². The zero-order chi connectivity index (χ0) is 10.7. The Morgan fingerprint density at radius 3 is 2.29 bits per heavy atom. The third-order valence-electron chi connectivity index (χ3n) is 2.46. The molecule has 0 saturated carbocycles. The lowest BCUT2D eigenvalue weighted by Gasteiger charge is -2.19. The standard InChI is InChI=1S/C12H15BrO/c1-8(2)9(3)12(14)10-4-6-11(13)7-5-10/h4-7,9,12,14H,1H2,2-3H3. The number of aliphatic hydroxyl groups excluding tert-OH is 1. The normalized spacial score (nSPS) is 14.9. The van der Waals surface area contributed by atoms with E-state index >= 15 is 0 Å². The molecule has 0 aliphatic rings. The topological polar surface area (TPSA) is 20.2 Å². The van der Waals surface area contributed by atoms with Gasteiger partial charge in [-0.05, 0) is 24.6 Å². The Hall–Kier alpha value is -0.600. The van der Waals surface area contributed by atoms with E-state index in [9.17, 15) is 5.11 Å². The fourth-order valence-electron chi connectivity index (χ4n) is 1.22. The Balaban J connectivity index is 2.84. The maximum absolute atomic E-state index is 9.97. The molecule has 1 nitrogen and oxygen atoms in total. The van der Waals surface area contributed by atoms with Crippen LogP contribution in [0.15, 0.2) is 40.9 Å². The van der Waals surface area contributed by atoms with E-state index in [1.807, 2.05) is 38.1 Å². The monoisotopic (exact) mass is 254 g/mol. The molecule has 2 atom stereocenters. The smallest absolute Gasteiger partial charge is 0.0852 e. The molecule has 0 aliphatic carbocycles. The first-order valence-corrected chi connectivity index (χ1v) is 5.40. The van der Waals surface area contributed by atoms with Crippen LogP contribution in [0.3, 0.4) is 0 Å². The maximum atomic E-state index is 9.97. The quantitative estimate of drug-likeness (QED) is 0.816. The second kappa shape index (κ2) is 4.76. The first kappa shape index (κ1) is 11.5. The van der Waals surface area contributed by atoms with Crippen molar-refractivity contribution < 1.29 is 5.11 Å². The lowest BCUT2D eigenvalue weighted by molar-refractivity contribution is 0.135. The fraction of sp³-hybridized carbons (Fsp3) is 0.333. The largest absolute Gasteiger partial charge is 0.388 e. The van der Waals surface area contributed by atoms with E-state index in [1.165, 1.54) is 0 Å². The predicted octanol–water partition coefficient (Wildman–Crippen LogP) is 3.69. The van der Waals surface area contributed by atoms with Gasteiger partial charge in [0.1, 0.15) is 0 Å². The Bertz CT molecular complexity index is 316. The van der Waals surface area contributed by atoms with E-state index in [1.54, 1.807) is 0 Å². The van der Waals surface area contributed by atoms with E-state index in [-0.39, 0.29) is 5.92 Å². The number of benzene rings is 1. The van der Waals surface area contributed by atoms with Gasteiger partial charge < -0.3 is 5.11 Å². The van der Waals surface area contributed by atoms with Crippen LogP contribution in [0.25, 0.3) is 0 Å². The van der Waals surface area contributed by atoms with Crippen molar-refractivity contribution in [2.24, 2.45) is 5.92 Å². The SMILES string of the molecule is C=C(C)C(C)C(O)c1ccc(Br)cc1.